The Kier molecular flexibility index (Phi) is 10.0. The number of fused-ring (bicyclic) bond motifs is 4. The molecule has 3 aliphatic carbocycles. The van der Waals surface area contributed by atoms with E-state index < -0.39 is 15.6 Å². The first-order chi connectivity index (χ1) is 23.6. The largest absolute Gasteiger partial charge is 0.490 e. The van der Waals surface area contributed by atoms with E-state index in [2.05, 4.69) is 40.5 Å². The second kappa shape index (κ2) is 14.1. The van der Waals surface area contributed by atoms with Gasteiger partial charge in [0.15, 0.2) is 0 Å². The third-order valence-corrected chi connectivity index (χ3v) is 14.6. The molecule has 8 atom stereocenters. The standard InChI is InChI=1S/C40H51ClN2O5S/c1-4-27-17-31(27)19-33(44)23-49(46)22-26(2)7-5-9-37(47-3)34-13-10-30(34)21-43-24-40(16-6-8-28-18-32(41)12-14-35(28)40)25-48-38-15-11-29(20-36(38)43)39(45)42-49/h5,9,11-12,14-15,18,20,26-27,30-31,34,37H,4,6-8,10,13,16-17,19,21-25H2,1-3H3/b9-5+/t26-,27-,30-,31+,34+,37-,40-,49+/m0/s1. The number of Topliss-reactive ketones (excluding diaryl/α,β-unsaturated/α-hetero) is 1. The summed E-state index contributed by atoms with van der Waals surface area (Å²) >= 11 is 6.46. The first-order valence-electron chi connectivity index (χ1n) is 18.4. The molecule has 2 bridgehead atoms. The molecular formula is C40H51ClN2O5S. The fourth-order valence-electron chi connectivity index (χ4n) is 9.13. The van der Waals surface area contributed by atoms with E-state index in [4.69, 9.17) is 21.1 Å². The number of halogens is 1. The van der Waals surface area contributed by atoms with Crippen LogP contribution in [0.3, 0.4) is 0 Å². The first-order valence-corrected chi connectivity index (χ1v) is 20.6. The topological polar surface area (TPSA) is 85.3 Å². The van der Waals surface area contributed by atoms with Crippen molar-refractivity contribution in [3.63, 3.8) is 0 Å². The maximum Gasteiger partial charge on any atom is 0.285 e. The van der Waals surface area contributed by atoms with Gasteiger partial charge in [-0.2, -0.15) is 4.36 Å². The van der Waals surface area contributed by atoms with Crippen LogP contribution in [-0.2, 0) is 31.1 Å². The minimum absolute atomic E-state index is 0.0124. The molecule has 2 aromatic carbocycles. The highest BCUT2D eigenvalue weighted by Crippen LogP contribution is 2.47. The van der Waals surface area contributed by atoms with E-state index in [0.29, 0.717) is 48.7 Å². The van der Waals surface area contributed by atoms with Gasteiger partial charge >= 0.3 is 0 Å². The van der Waals surface area contributed by atoms with Crippen LogP contribution >= 0.6 is 11.6 Å². The summed E-state index contributed by atoms with van der Waals surface area (Å²) in [6, 6.07) is 11.8. The zero-order valence-corrected chi connectivity index (χ0v) is 30.8. The molecule has 0 N–H and O–H groups in total. The van der Waals surface area contributed by atoms with Crippen molar-refractivity contribution in [3.8, 4) is 5.75 Å². The Morgan fingerprint density at radius 1 is 1.18 bits per heavy atom. The number of benzene rings is 2. The quantitative estimate of drug-likeness (QED) is 0.283. The SMILES string of the molecule is CC[C@H]1C[C@@H]1CC(=O)C[S@@]1(=O)=NC(=O)c2ccc3c(c2)N(C[C@@H]2CC[C@H]2[C@@H](OC)/C=C/C[C@H](C)C1)C[C@@]1(CCCc2cc(Cl)ccc21)CO3. The highest BCUT2D eigenvalue weighted by molar-refractivity contribution is 7.94. The second-order valence-corrected chi connectivity index (χ2v) is 18.4. The highest BCUT2D eigenvalue weighted by Gasteiger charge is 2.44. The number of rotatable bonds is 6. The van der Waals surface area contributed by atoms with Gasteiger partial charge in [-0.1, -0.05) is 50.1 Å². The Bertz CT molecular complexity index is 1750. The fourth-order valence-corrected chi connectivity index (χ4v) is 11.6. The van der Waals surface area contributed by atoms with Crippen LogP contribution in [-0.4, -0.2) is 60.3 Å². The van der Waals surface area contributed by atoms with E-state index in [0.717, 1.165) is 74.5 Å². The van der Waals surface area contributed by atoms with Gasteiger partial charge in [-0.3, -0.25) is 9.59 Å². The number of hydrogen-bond donors (Lipinski definition) is 0. The molecule has 264 valence electrons. The van der Waals surface area contributed by atoms with Crippen LogP contribution in [0.25, 0.3) is 0 Å². The normalized spacial score (nSPS) is 34.8. The number of nitrogens with zero attached hydrogens (tertiary/aromatic N) is 2. The summed E-state index contributed by atoms with van der Waals surface area (Å²) in [7, 11) is -1.34. The molecule has 0 aromatic heterocycles. The Balaban J connectivity index is 1.27. The summed E-state index contributed by atoms with van der Waals surface area (Å²) in [4.78, 5) is 29.6. The minimum Gasteiger partial charge on any atom is -0.490 e. The number of anilines is 1. The van der Waals surface area contributed by atoms with E-state index in [1.807, 2.05) is 25.1 Å². The number of methoxy groups -OCH3 is 1. The van der Waals surface area contributed by atoms with Crippen LogP contribution in [0, 0.1) is 29.6 Å². The molecule has 2 heterocycles. The Morgan fingerprint density at radius 2 is 2.04 bits per heavy atom. The molecule has 2 saturated carbocycles. The van der Waals surface area contributed by atoms with Crippen molar-refractivity contribution in [2.75, 3.05) is 43.2 Å². The van der Waals surface area contributed by atoms with E-state index in [-0.39, 0.29) is 34.7 Å². The molecule has 2 fully saturated rings. The van der Waals surface area contributed by atoms with Crippen LogP contribution in [0.15, 0.2) is 52.9 Å². The van der Waals surface area contributed by atoms with Crippen molar-refractivity contribution in [1.82, 2.24) is 0 Å². The van der Waals surface area contributed by atoms with Gasteiger partial charge in [0.2, 0.25) is 0 Å². The number of ketones is 1. The summed E-state index contributed by atoms with van der Waals surface area (Å²) in [6.07, 6.45) is 12.8. The number of allylic oxidation sites excluding steroid dienone is 1. The maximum absolute atomic E-state index is 14.5. The van der Waals surface area contributed by atoms with Gasteiger partial charge in [0.25, 0.3) is 5.91 Å². The predicted octanol–water partition coefficient (Wildman–Crippen LogP) is 8.06. The molecule has 0 radical (unpaired) electrons. The number of aryl methyl sites for hydroxylation is 1. The van der Waals surface area contributed by atoms with Crippen molar-refractivity contribution >= 4 is 38.7 Å². The van der Waals surface area contributed by atoms with Crippen molar-refractivity contribution in [2.45, 2.75) is 83.2 Å². The van der Waals surface area contributed by atoms with Crippen molar-refractivity contribution < 1.29 is 23.3 Å². The summed E-state index contributed by atoms with van der Waals surface area (Å²) < 4.78 is 31.7. The Hall–Kier alpha value is -2.68. The van der Waals surface area contributed by atoms with E-state index >= 15 is 0 Å². The van der Waals surface area contributed by atoms with Gasteiger partial charge in [0, 0.05) is 48.4 Å². The second-order valence-electron chi connectivity index (χ2n) is 15.6. The summed E-state index contributed by atoms with van der Waals surface area (Å²) in [5, 5.41) is 0.756. The van der Waals surface area contributed by atoms with Crippen molar-refractivity contribution in [3.05, 3.63) is 70.3 Å². The third kappa shape index (κ3) is 7.38. The molecule has 9 heteroatoms. The van der Waals surface area contributed by atoms with E-state index in [9.17, 15) is 13.8 Å². The van der Waals surface area contributed by atoms with Gasteiger partial charge in [0.1, 0.15) is 11.5 Å². The lowest BCUT2D eigenvalue weighted by molar-refractivity contribution is -0.117. The van der Waals surface area contributed by atoms with Crippen molar-refractivity contribution in [1.29, 1.82) is 0 Å². The van der Waals surface area contributed by atoms with Gasteiger partial charge in [0.05, 0.1) is 33.9 Å². The van der Waals surface area contributed by atoms with Crippen LogP contribution in [0.4, 0.5) is 5.69 Å². The first kappa shape index (κ1) is 34.8. The lowest BCUT2D eigenvalue weighted by Gasteiger charge is -2.46. The molecule has 7 rings (SSSR count). The Labute approximate surface area is 297 Å². The smallest absolute Gasteiger partial charge is 0.285 e. The molecule has 49 heavy (non-hydrogen) atoms. The molecule has 0 unspecified atom stereocenters. The molecule has 0 saturated heterocycles. The van der Waals surface area contributed by atoms with Gasteiger partial charge in [-0.15, -0.1) is 0 Å². The monoisotopic (exact) mass is 706 g/mol. The predicted molar refractivity (Wildman–Crippen MR) is 196 cm³/mol. The summed E-state index contributed by atoms with van der Waals surface area (Å²) in [5.41, 5.74) is 3.61. The number of carbonyl (C=O) groups excluding carboxylic acids is 2. The summed E-state index contributed by atoms with van der Waals surface area (Å²) in [5.74, 6) is 1.94. The maximum atomic E-state index is 14.5. The van der Waals surface area contributed by atoms with Gasteiger partial charge in [-0.05, 0) is 116 Å². The van der Waals surface area contributed by atoms with Crippen LogP contribution in [0.5, 0.6) is 5.75 Å². The molecule has 7 nitrogen and oxygen atoms in total. The van der Waals surface area contributed by atoms with Crippen LogP contribution in [0.1, 0.15) is 86.7 Å². The van der Waals surface area contributed by atoms with E-state index in [1.165, 1.54) is 11.1 Å². The highest BCUT2D eigenvalue weighted by atomic mass is 35.5. The molecule has 2 aliphatic heterocycles. The number of carbonyl (C=O) groups is 2. The number of hydrogen-bond acceptors (Lipinski definition) is 6. The average Bonchev–Trinajstić information content (AvgIpc) is 3.83. The van der Waals surface area contributed by atoms with Crippen LogP contribution < -0.4 is 9.64 Å². The molecular weight excluding hydrogens is 656 g/mol. The number of amides is 1. The van der Waals surface area contributed by atoms with Gasteiger partial charge in [-0.25, -0.2) is 4.21 Å². The average molecular weight is 707 g/mol. The van der Waals surface area contributed by atoms with Crippen molar-refractivity contribution in [2.24, 2.45) is 34.0 Å². The molecule has 1 amide bonds. The zero-order valence-electron chi connectivity index (χ0n) is 29.2. The Morgan fingerprint density at radius 3 is 2.80 bits per heavy atom. The molecule has 1 spiro atoms. The third-order valence-electron chi connectivity index (χ3n) is 12.0. The summed E-state index contributed by atoms with van der Waals surface area (Å²) in [6.45, 7) is 6.29. The minimum atomic E-state index is -3.13. The van der Waals surface area contributed by atoms with E-state index in [1.54, 1.807) is 13.2 Å². The van der Waals surface area contributed by atoms with Gasteiger partial charge < -0.3 is 14.4 Å². The number of ether oxygens (including phenoxy) is 2. The molecule has 5 aliphatic rings. The van der Waals surface area contributed by atoms with Crippen LogP contribution in [0.2, 0.25) is 5.02 Å². The zero-order chi connectivity index (χ0) is 34.3. The fraction of sp³-hybridized carbons (Fsp3) is 0.600. The lowest BCUT2D eigenvalue weighted by Crippen LogP contribution is -2.49. The molecule has 2 aromatic rings. The lowest BCUT2D eigenvalue weighted by atomic mass is 9.68.